The van der Waals surface area contributed by atoms with Crippen LogP contribution in [0.5, 0.6) is 5.75 Å². The molecule has 3 aromatic rings. The first-order chi connectivity index (χ1) is 13.5. The molecule has 5 heteroatoms. The number of ether oxygens (including phenoxy) is 1. The lowest BCUT2D eigenvalue weighted by molar-refractivity contribution is -0.112. The topological polar surface area (TPSA) is 65.4 Å². The number of hydrogen-bond donors (Lipinski definition) is 1. The van der Waals surface area contributed by atoms with E-state index in [-0.39, 0.29) is 5.57 Å². The fourth-order valence-corrected chi connectivity index (χ4v) is 2.94. The Morgan fingerprint density at radius 1 is 1.04 bits per heavy atom. The van der Waals surface area contributed by atoms with Crippen molar-refractivity contribution >= 4 is 34.1 Å². The molecule has 0 aromatic heterocycles. The molecule has 0 heterocycles. The highest BCUT2D eigenvalue weighted by molar-refractivity contribution is 6.11. The van der Waals surface area contributed by atoms with E-state index < -0.39 is 5.91 Å². The number of nitriles is 1. The predicted molar refractivity (Wildman–Crippen MR) is 113 cm³/mol. The summed E-state index contributed by atoms with van der Waals surface area (Å²) in [6, 6.07) is 20.8. The summed E-state index contributed by atoms with van der Waals surface area (Å²) in [5.41, 5.74) is 2.48. The van der Waals surface area contributed by atoms with E-state index in [1.807, 2.05) is 85.7 Å². The van der Waals surface area contributed by atoms with Crippen molar-refractivity contribution in [2.45, 2.75) is 0 Å². The number of hydrogen-bond acceptors (Lipinski definition) is 4. The van der Waals surface area contributed by atoms with Crippen LogP contribution in [-0.4, -0.2) is 27.1 Å². The fourth-order valence-electron chi connectivity index (χ4n) is 2.94. The Morgan fingerprint density at radius 3 is 2.32 bits per heavy atom. The van der Waals surface area contributed by atoms with Crippen LogP contribution in [0, 0.1) is 11.3 Å². The number of methoxy groups -OCH3 is 1. The first kappa shape index (κ1) is 19.0. The number of carbonyl (C=O) groups excluding carboxylic acids is 1. The number of nitrogens with zero attached hydrogens (tertiary/aromatic N) is 2. The van der Waals surface area contributed by atoms with E-state index in [0.29, 0.717) is 5.69 Å². The minimum atomic E-state index is -0.444. The van der Waals surface area contributed by atoms with Gasteiger partial charge in [0.25, 0.3) is 5.91 Å². The molecule has 1 N–H and O–H groups in total. The van der Waals surface area contributed by atoms with E-state index in [1.165, 1.54) is 0 Å². The monoisotopic (exact) mass is 371 g/mol. The van der Waals surface area contributed by atoms with Crippen molar-refractivity contribution in [2.24, 2.45) is 0 Å². The minimum Gasteiger partial charge on any atom is -0.496 e. The maximum absolute atomic E-state index is 12.6. The molecule has 0 aliphatic carbocycles. The van der Waals surface area contributed by atoms with Crippen LogP contribution >= 0.6 is 0 Å². The van der Waals surface area contributed by atoms with Crippen LogP contribution in [0.1, 0.15) is 5.56 Å². The van der Waals surface area contributed by atoms with Crippen molar-refractivity contribution < 1.29 is 9.53 Å². The fraction of sp³-hybridized carbons (Fsp3) is 0.130. The Hall–Kier alpha value is -3.78. The second kappa shape index (κ2) is 8.28. The average molecular weight is 371 g/mol. The molecule has 0 unspecified atom stereocenters. The highest BCUT2D eigenvalue weighted by Gasteiger charge is 2.12. The van der Waals surface area contributed by atoms with Gasteiger partial charge in [0.15, 0.2) is 0 Å². The minimum absolute atomic E-state index is 0.0343. The standard InChI is InChI=1S/C23H21N3O2/c1-26(2)19-11-9-18(10-12-19)25-23(27)17(15-24)14-16-8-13-22(28-3)21-7-5-4-6-20(16)21/h4-14H,1-3H3,(H,25,27)/b17-14-. The highest BCUT2D eigenvalue weighted by atomic mass is 16.5. The molecule has 0 saturated heterocycles. The van der Waals surface area contributed by atoms with Crippen molar-refractivity contribution in [3.05, 3.63) is 71.8 Å². The Balaban J connectivity index is 1.91. The van der Waals surface area contributed by atoms with Gasteiger partial charge in [0, 0.05) is 30.9 Å². The summed E-state index contributed by atoms with van der Waals surface area (Å²) in [4.78, 5) is 14.6. The molecule has 0 saturated carbocycles. The first-order valence-corrected chi connectivity index (χ1v) is 8.79. The quantitative estimate of drug-likeness (QED) is 0.531. The Bertz CT molecular complexity index is 1080. The van der Waals surface area contributed by atoms with Gasteiger partial charge >= 0.3 is 0 Å². The van der Waals surface area contributed by atoms with Gasteiger partial charge in [-0.05, 0) is 47.4 Å². The van der Waals surface area contributed by atoms with E-state index in [0.717, 1.165) is 27.8 Å². The predicted octanol–water partition coefficient (Wildman–Crippen LogP) is 4.46. The molecule has 1 amide bonds. The molecule has 0 bridgehead atoms. The third kappa shape index (κ3) is 3.97. The van der Waals surface area contributed by atoms with Crippen LogP contribution in [0.25, 0.3) is 16.8 Å². The van der Waals surface area contributed by atoms with Gasteiger partial charge in [0.05, 0.1) is 7.11 Å². The molecule has 0 fully saturated rings. The van der Waals surface area contributed by atoms with E-state index in [9.17, 15) is 10.1 Å². The van der Waals surface area contributed by atoms with Crippen molar-refractivity contribution in [1.29, 1.82) is 5.26 Å². The zero-order chi connectivity index (χ0) is 20.1. The second-order valence-corrected chi connectivity index (χ2v) is 6.47. The van der Waals surface area contributed by atoms with Crippen molar-refractivity contribution in [2.75, 3.05) is 31.4 Å². The Morgan fingerprint density at radius 2 is 1.71 bits per heavy atom. The van der Waals surface area contributed by atoms with Crippen LogP contribution in [-0.2, 0) is 4.79 Å². The molecule has 3 aromatic carbocycles. The molecule has 3 rings (SSSR count). The summed E-state index contributed by atoms with van der Waals surface area (Å²) in [5, 5.41) is 14.1. The molecular formula is C23H21N3O2. The van der Waals surface area contributed by atoms with Crippen molar-refractivity contribution in [1.82, 2.24) is 0 Å². The van der Waals surface area contributed by atoms with E-state index >= 15 is 0 Å². The van der Waals surface area contributed by atoms with Crippen molar-refractivity contribution in [3.63, 3.8) is 0 Å². The lowest BCUT2D eigenvalue weighted by Gasteiger charge is -2.13. The summed E-state index contributed by atoms with van der Waals surface area (Å²) in [5.74, 6) is 0.302. The SMILES string of the molecule is COc1ccc(/C=C(/C#N)C(=O)Nc2ccc(N(C)C)cc2)c2ccccc12. The summed E-state index contributed by atoms with van der Waals surface area (Å²) in [7, 11) is 5.51. The Labute approximate surface area is 164 Å². The van der Waals surface area contributed by atoms with Crippen LogP contribution in [0.3, 0.4) is 0 Å². The average Bonchev–Trinajstić information content (AvgIpc) is 2.72. The number of carbonyl (C=O) groups is 1. The van der Waals surface area contributed by atoms with Gasteiger partial charge in [-0.25, -0.2) is 0 Å². The number of amides is 1. The number of anilines is 2. The van der Waals surface area contributed by atoms with Crippen LogP contribution in [0.15, 0.2) is 66.2 Å². The molecule has 0 radical (unpaired) electrons. The maximum atomic E-state index is 12.6. The molecule has 5 nitrogen and oxygen atoms in total. The van der Waals surface area contributed by atoms with Crippen LogP contribution < -0.4 is 15.0 Å². The van der Waals surface area contributed by atoms with Crippen LogP contribution in [0.4, 0.5) is 11.4 Å². The Kier molecular flexibility index (Phi) is 5.61. The zero-order valence-corrected chi connectivity index (χ0v) is 16.1. The van der Waals surface area contributed by atoms with Gasteiger partial charge < -0.3 is 15.0 Å². The summed E-state index contributed by atoms with van der Waals surface area (Å²) >= 11 is 0. The van der Waals surface area contributed by atoms with Gasteiger partial charge in [-0.3, -0.25) is 4.79 Å². The lowest BCUT2D eigenvalue weighted by Crippen LogP contribution is -2.14. The molecule has 0 aliphatic heterocycles. The molecule has 0 atom stereocenters. The number of rotatable bonds is 5. The second-order valence-electron chi connectivity index (χ2n) is 6.47. The van der Waals surface area contributed by atoms with Crippen LogP contribution in [0.2, 0.25) is 0 Å². The third-order valence-corrected chi connectivity index (χ3v) is 4.44. The number of nitrogens with one attached hydrogen (secondary N) is 1. The third-order valence-electron chi connectivity index (χ3n) is 4.44. The largest absolute Gasteiger partial charge is 0.496 e. The smallest absolute Gasteiger partial charge is 0.266 e. The maximum Gasteiger partial charge on any atom is 0.266 e. The number of benzene rings is 3. The normalized spacial score (nSPS) is 11.0. The van der Waals surface area contributed by atoms with Gasteiger partial charge in [-0.2, -0.15) is 5.26 Å². The first-order valence-electron chi connectivity index (χ1n) is 8.79. The summed E-state index contributed by atoms with van der Waals surface area (Å²) < 4.78 is 5.40. The van der Waals surface area contributed by atoms with Gasteiger partial charge in [0.1, 0.15) is 17.4 Å². The van der Waals surface area contributed by atoms with Crippen molar-refractivity contribution in [3.8, 4) is 11.8 Å². The molecule has 0 spiro atoms. The molecule has 140 valence electrons. The molecule has 0 aliphatic rings. The van der Waals surface area contributed by atoms with Gasteiger partial charge in [-0.1, -0.05) is 30.3 Å². The lowest BCUT2D eigenvalue weighted by atomic mass is 10.0. The number of fused-ring (bicyclic) bond motifs is 1. The zero-order valence-electron chi connectivity index (χ0n) is 16.1. The van der Waals surface area contributed by atoms with E-state index in [2.05, 4.69) is 5.32 Å². The van der Waals surface area contributed by atoms with Gasteiger partial charge in [0.2, 0.25) is 0 Å². The van der Waals surface area contributed by atoms with E-state index in [4.69, 9.17) is 4.74 Å². The summed E-state index contributed by atoms with van der Waals surface area (Å²) in [6.45, 7) is 0. The van der Waals surface area contributed by atoms with Gasteiger partial charge in [-0.15, -0.1) is 0 Å². The molecular weight excluding hydrogens is 350 g/mol. The summed E-state index contributed by atoms with van der Waals surface area (Å²) in [6.07, 6.45) is 1.60. The molecule has 28 heavy (non-hydrogen) atoms. The van der Waals surface area contributed by atoms with E-state index in [1.54, 1.807) is 13.2 Å². The highest BCUT2D eigenvalue weighted by Crippen LogP contribution is 2.29.